The van der Waals surface area contributed by atoms with E-state index in [4.69, 9.17) is 5.11 Å². The molecule has 7 heteroatoms. The Hall–Kier alpha value is -1.47. The van der Waals surface area contributed by atoms with E-state index >= 15 is 0 Å². The van der Waals surface area contributed by atoms with E-state index in [1.54, 1.807) is 6.07 Å². The van der Waals surface area contributed by atoms with Gasteiger partial charge in [-0.05, 0) is 30.4 Å². The van der Waals surface area contributed by atoms with Crippen LogP contribution in [-0.2, 0) is 14.6 Å². The minimum Gasteiger partial charge on any atom is -0.481 e. The Balaban J connectivity index is 1.77. The Morgan fingerprint density at radius 2 is 2.10 bits per heavy atom. The molecule has 2 atom stereocenters. The summed E-state index contributed by atoms with van der Waals surface area (Å²) in [6, 6.07) is 7.30. The van der Waals surface area contributed by atoms with Crippen molar-refractivity contribution in [1.29, 1.82) is 0 Å². The van der Waals surface area contributed by atoms with Gasteiger partial charge in [-0.15, -0.1) is 11.3 Å². The number of para-hydroxylation sites is 1. The lowest BCUT2D eigenvalue weighted by atomic mass is 10.2. The summed E-state index contributed by atoms with van der Waals surface area (Å²) in [7, 11) is -3.41. The number of aromatic nitrogens is 1. The highest BCUT2D eigenvalue weighted by Gasteiger charge is 2.42. The van der Waals surface area contributed by atoms with Crippen molar-refractivity contribution in [2.24, 2.45) is 11.8 Å². The number of hydrogen-bond acceptors (Lipinski definition) is 5. The van der Waals surface area contributed by atoms with Crippen molar-refractivity contribution >= 4 is 37.4 Å². The Morgan fingerprint density at radius 1 is 1.35 bits per heavy atom. The van der Waals surface area contributed by atoms with E-state index < -0.39 is 15.8 Å². The van der Waals surface area contributed by atoms with E-state index in [9.17, 15) is 13.2 Å². The minimum absolute atomic E-state index is 0.00310. The van der Waals surface area contributed by atoms with Gasteiger partial charge >= 0.3 is 5.97 Å². The van der Waals surface area contributed by atoms with Crippen molar-refractivity contribution in [3.8, 4) is 0 Å². The van der Waals surface area contributed by atoms with E-state index in [1.165, 1.54) is 11.3 Å². The van der Waals surface area contributed by atoms with Gasteiger partial charge in [0.1, 0.15) is 0 Å². The number of carbonyl (C=O) groups is 1. The van der Waals surface area contributed by atoms with Gasteiger partial charge in [0.2, 0.25) is 14.2 Å². The fraction of sp³-hybridized carbons (Fsp3) is 0.385. The second-order valence-corrected chi connectivity index (χ2v) is 8.32. The highest BCUT2D eigenvalue weighted by Crippen LogP contribution is 2.43. The molecule has 0 spiro atoms. The molecule has 1 aliphatic rings. The van der Waals surface area contributed by atoms with Gasteiger partial charge in [-0.2, -0.15) is 0 Å². The second-order valence-electron chi connectivity index (χ2n) is 5.08. The van der Waals surface area contributed by atoms with Gasteiger partial charge in [0.05, 0.1) is 16.0 Å². The first-order valence-electron chi connectivity index (χ1n) is 6.26. The Labute approximate surface area is 120 Å². The van der Waals surface area contributed by atoms with Crippen LogP contribution in [0.4, 0.5) is 0 Å². The van der Waals surface area contributed by atoms with Crippen LogP contribution in [0.5, 0.6) is 0 Å². The SMILES string of the molecule is O=C(O)C[C@@H]1C[C@H]1CS(=O)(=O)c1nc2ccccc2s1. The second kappa shape index (κ2) is 4.82. The van der Waals surface area contributed by atoms with Crippen molar-refractivity contribution in [2.75, 3.05) is 5.75 Å². The third-order valence-corrected chi connectivity index (χ3v) is 6.81. The molecule has 0 saturated heterocycles. The summed E-state index contributed by atoms with van der Waals surface area (Å²) in [5.41, 5.74) is 0.689. The standard InChI is InChI=1S/C13H13NO4S2/c15-12(16)6-8-5-9(8)7-20(17,18)13-14-10-3-1-2-4-11(10)19-13/h1-4,8-9H,5-7H2,(H,15,16)/t8-,9-/m0/s1. The maximum atomic E-state index is 12.3. The zero-order chi connectivity index (χ0) is 14.3. The number of sulfone groups is 1. The predicted octanol–water partition coefficient (Wildman–Crippen LogP) is 2.18. The molecule has 0 unspecified atom stereocenters. The topological polar surface area (TPSA) is 84.3 Å². The number of hydrogen-bond donors (Lipinski definition) is 1. The van der Waals surface area contributed by atoms with Gasteiger partial charge in [-0.1, -0.05) is 12.1 Å². The van der Waals surface area contributed by atoms with Crippen molar-refractivity contribution in [1.82, 2.24) is 4.98 Å². The largest absolute Gasteiger partial charge is 0.481 e. The van der Waals surface area contributed by atoms with Gasteiger partial charge in [0.15, 0.2) is 0 Å². The Morgan fingerprint density at radius 3 is 2.80 bits per heavy atom. The molecule has 1 N–H and O–H groups in total. The van der Waals surface area contributed by atoms with Crippen molar-refractivity contribution in [3.05, 3.63) is 24.3 Å². The number of thiazole rings is 1. The van der Waals surface area contributed by atoms with Crippen LogP contribution in [0.1, 0.15) is 12.8 Å². The molecule has 106 valence electrons. The summed E-state index contributed by atoms with van der Waals surface area (Å²) in [4.78, 5) is 14.8. The molecule has 1 heterocycles. The number of aliphatic carboxylic acids is 1. The Kier molecular flexibility index (Phi) is 3.25. The molecule has 0 amide bonds. The zero-order valence-electron chi connectivity index (χ0n) is 10.5. The average Bonchev–Trinajstić information content (AvgIpc) is 2.92. The third-order valence-electron chi connectivity index (χ3n) is 3.48. The first kappa shape index (κ1) is 13.5. The van der Waals surface area contributed by atoms with Crippen LogP contribution in [0.25, 0.3) is 10.2 Å². The van der Waals surface area contributed by atoms with E-state index in [0.29, 0.717) is 11.9 Å². The summed E-state index contributed by atoms with van der Waals surface area (Å²) < 4.78 is 25.6. The molecule has 0 radical (unpaired) electrons. The van der Waals surface area contributed by atoms with Gasteiger partial charge in [-0.25, -0.2) is 13.4 Å². The molecule has 5 nitrogen and oxygen atoms in total. The number of nitrogens with zero attached hydrogens (tertiary/aromatic N) is 1. The van der Waals surface area contributed by atoms with Gasteiger partial charge in [-0.3, -0.25) is 4.79 Å². The monoisotopic (exact) mass is 311 g/mol. The fourth-order valence-corrected chi connectivity index (χ4v) is 5.36. The van der Waals surface area contributed by atoms with Gasteiger partial charge < -0.3 is 5.11 Å². The van der Waals surface area contributed by atoms with E-state index in [2.05, 4.69) is 4.98 Å². The lowest BCUT2D eigenvalue weighted by Crippen LogP contribution is -2.10. The number of carboxylic acids is 1. The van der Waals surface area contributed by atoms with Crippen LogP contribution >= 0.6 is 11.3 Å². The highest BCUT2D eigenvalue weighted by molar-refractivity contribution is 7.93. The Bertz CT molecular complexity index is 733. The van der Waals surface area contributed by atoms with Gasteiger partial charge in [0.25, 0.3) is 0 Å². The van der Waals surface area contributed by atoms with Crippen molar-refractivity contribution < 1.29 is 18.3 Å². The van der Waals surface area contributed by atoms with Gasteiger partial charge in [0, 0.05) is 6.42 Å². The van der Waals surface area contributed by atoms with E-state index in [0.717, 1.165) is 4.70 Å². The maximum absolute atomic E-state index is 12.3. The fourth-order valence-electron chi connectivity index (χ4n) is 2.33. The number of rotatable bonds is 5. The molecule has 3 rings (SSSR count). The lowest BCUT2D eigenvalue weighted by Gasteiger charge is -1.99. The predicted molar refractivity (Wildman–Crippen MR) is 75.5 cm³/mol. The molecule has 1 fully saturated rings. The van der Waals surface area contributed by atoms with Crippen LogP contribution in [-0.4, -0.2) is 30.2 Å². The molecule has 1 aromatic heterocycles. The molecule has 0 bridgehead atoms. The smallest absolute Gasteiger partial charge is 0.303 e. The number of carboxylic acid groups (broad SMARTS) is 1. The molecular formula is C13H13NO4S2. The van der Waals surface area contributed by atoms with Crippen molar-refractivity contribution in [3.63, 3.8) is 0 Å². The van der Waals surface area contributed by atoms with Crippen LogP contribution in [0, 0.1) is 11.8 Å². The summed E-state index contributed by atoms with van der Waals surface area (Å²) in [5, 5.41) is 8.69. The first-order valence-corrected chi connectivity index (χ1v) is 8.73. The molecule has 1 saturated carbocycles. The number of benzene rings is 1. The van der Waals surface area contributed by atoms with Crippen LogP contribution < -0.4 is 0 Å². The average molecular weight is 311 g/mol. The van der Waals surface area contributed by atoms with E-state index in [-0.39, 0.29) is 28.3 Å². The minimum atomic E-state index is -3.41. The zero-order valence-corrected chi connectivity index (χ0v) is 12.2. The molecule has 1 aliphatic carbocycles. The van der Waals surface area contributed by atoms with Crippen LogP contribution in [0.3, 0.4) is 0 Å². The van der Waals surface area contributed by atoms with Crippen molar-refractivity contribution in [2.45, 2.75) is 17.2 Å². The summed E-state index contributed by atoms with van der Waals surface area (Å²) in [6.45, 7) is 0. The summed E-state index contributed by atoms with van der Waals surface area (Å²) in [6.07, 6.45) is 0.733. The molecule has 1 aromatic carbocycles. The maximum Gasteiger partial charge on any atom is 0.303 e. The van der Waals surface area contributed by atoms with E-state index in [1.807, 2.05) is 18.2 Å². The van der Waals surface area contributed by atoms with Crippen LogP contribution in [0.15, 0.2) is 28.6 Å². The quantitative estimate of drug-likeness (QED) is 0.915. The molecule has 0 aliphatic heterocycles. The molecular weight excluding hydrogens is 298 g/mol. The first-order chi connectivity index (χ1) is 9.45. The third kappa shape index (κ3) is 2.69. The highest BCUT2D eigenvalue weighted by atomic mass is 32.2. The lowest BCUT2D eigenvalue weighted by molar-refractivity contribution is -0.137. The summed E-state index contributed by atoms with van der Waals surface area (Å²) in [5.74, 6) is -0.903. The molecule has 20 heavy (non-hydrogen) atoms. The molecule has 2 aromatic rings. The van der Waals surface area contributed by atoms with Crippen LogP contribution in [0.2, 0.25) is 0 Å². The normalized spacial score (nSPS) is 22.0. The summed E-state index contributed by atoms with van der Waals surface area (Å²) >= 11 is 1.17. The number of fused-ring (bicyclic) bond motifs is 1.